The summed E-state index contributed by atoms with van der Waals surface area (Å²) in [6, 6.07) is 0. The molecular formula is C9H21N3O. The molecule has 4 nitrogen and oxygen atoms in total. The highest BCUT2D eigenvalue weighted by atomic mass is 16.5. The topological polar surface area (TPSA) is 36.5 Å². The highest BCUT2D eigenvalue weighted by molar-refractivity contribution is 4.72. The van der Waals surface area contributed by atoms with Crippen molar-refractivity contribution in [3.05, 3.63) is 0 Å². The molecular weight excluding hydrogens is 166 g/mol. The molecule has 0 aromatic carbocycles. The van der Waals surface area contributed by atoms with Gasteiger partial charge in [0.1, 0.15) is 0 Å². The fourth-order valence-electron chi connectivity index (χ4n) is 1.60. The van der Waals surface area contributed by atoms with Crippen LogP contribution in [0.3, 0.4) is 0 Å². The van der Waals surface area contributed by atoms with E-state index in [-0.39, 0.29) is 0 Å². The monoisotopic (exact) mass is 187 g/mol. The zero-order valence-electron chi connectivity index (χ0n) is 8.68. The van der Waals surface area contributed by atoms with Crippen molar-refractivity contribution < 1.29 is 4.74 Å². The fraction of sp³-hybridized carbons (Fsp3) is 1.00. The number of likely N-dealkylation sites (N-methyl/N-ethyl adjacent to an activating group) is 2. The molecule has 0 radical (unpaired) electrons. The zero-order valence-corrected chi connectivity index (χ0v) is 8.68. The molecule has 78 valence electrons. The number of morpholine rings is 1. The van der Waals surface area contributed by atoms with Crippen molar-refractivity contribution in [2.45, 2.75) is 6.10 Å². The van der Waals surface area contributed by atoms with E-state index in [1.54, 1.807) is 0 Å². The van der Waals surface area contributed by atoms with E-state index in [1.165, 1.54) is 0 Å². The highest BCUT2D eigenvalue weighted by Gasteiger charge is 2.18. The van der Waals surface area contributed by atoms with Crippen molar-refractivity contribution in [3.63, 3.8) is 0 Å². The molecule has 13 heavy (non-hydrogen) atoms. The molecule has 0 spiro atoms. The molecule has 1 unspecified atom stereocenters. The zero-order chi connectivity index (χ0) is 9.52. The predicted octanol–water partition coefficient (Wildman–Crippen LogP) is -0.874. The maximum Gasteiger partial charge on any atom is 0.0826 e. The van der Waals surface area contributed by atoms with E-state index in [0.29, 0.717) is 6.10 Å². The van der Waals surface area contributed by atoms with Crippen molar-refractivity contribution in [1.82, 2.24) is 15.5 Å². The minimum atomic E-state index is 0.371. The van der Waals surface area contributed by atoms with Crippen LogP contribution in [0.15, 0.2) is 0 Å². The van der Waals surface area contributed by atoms with Crippen LogP contribution >= 0.6 is 0 Å². The number of rotatable bonds is 5. The third-order valence-corrected chi connectivity index (χ3v) is 2.33. The van der Waals surface area contributed by atoms with E-state index in [0.717, 1.165) is 39.3 Å². The molecule has 1 aliphatic heterocycles. The van der Waals surface area contributed by atoms with Gasteiger partial charge in [0.15, 0.2) is 0 Å². The average Bonchev–Trinajstić information content (AvgIpc) is 2.16. The molecule has 0 aromatic heterocycles. The second-order valence-corrected chi connectivity index (χ2v) is 3.45. The molecule has 4 heteroatoms. The SMILES string of the molecule is CNCCN1CCOC(CNC)C1. The number of nitrogens with one attached hydrogen (secondary N) is 2. The van der Waals surface area contributed by atoms with Gasteiger partial charge >= 0.3 is 0 Å². The number of nitrogens with zero attached hydrogens (tertiary/aromatic N) is 1. The second kappa shape index (κ2) is 6.32. The summed E-state index contributed by atoms with van der Waals surface area (Å²) < 4.78 is 5.60. The summed E-state index contributed by atoms with van der Waals surface area (Å²) in [5.74, 6) is 0. The lowest BCUT2D eigenvalue weighted by Gasteiger charge is -2.32. The first-order chi connectivity index (χ1) is 6.36. The minimum Gasteiger partial charge on any atom is -0.374 e. The van der Waals surface area contributed by atoms with Gasteiger partial charge in [-0.3, -0.25) is 4.90 Å². The van der Waals surface area contributed by atoms with Crippen LogP contribution in [0, 0.1) is 0 Å². The molecule has 0 bridgehead atoms. The van der Waals surface area contributed by atoms with Gasteiger partial charge in [-0.15, -0.1) is 0 Å². The van der Waals surface area contributed by atoms with Crippen LogP contribution in [-0.4, -0.2) is 64.4 Å². The summed E-state index contributed by atoms with van der Waals surface area (Å²) in [6.07, 6.45) is 0.371. The van der Waals surface area contributed by atoms with Crippen LogP contribution in [0.2, 0.25) is 0 Å². The lowest BCUT2D eigenvalue weighted by Crippen LogP contribution is -2.47. The Labute approximate surface area is 80.6 Å². The average molecular weight is 187 g/mol. The van der Waals surface area contributed by atoms with Crippen molar-refractivity contribution >= 4 is 0 Å². The smallest absolute Gasteiger partial charge is 0.0826 e. The lowest BCUT2D eigenvalue weighted by atomic mass is 10.2. The molecule has 1 fully saturated rings. The Hall–Kier alpha value is -0.160. The summed E-state index contributed by atoms with van der Waals surface area (Å²) in [7, 11) is 3.96. The van der Waals surface area contributed by atoms with Crippen molar-refractivity contribution in [3.8, 4) is 0 Å². The van der Waals surface area contributed by atoms with Gasteiger partial charge in [0.2, 0.25) is 0 Å². The van der Waals surface area contributed by atoms with Crippen molar-refractivity contribution in [2.75, 3.05) is 53.4 Å². The van der Waals surface area contributed by atoms with Crippen molar-refractivity contribution in [2.24, 2.45) is 0 Å². The Balaban J connectivity index is 2.16. The Morgan fingerprint density at radius 2 is 2.23 bits per heavy atom. The van der Waals surface area contributed by atoms with Crippen LogP contribution in [0.5, 0.6) is 0 Å². The first-order valence-electron chi connectivity index (χ1n) is 5.00. The number of hydrogen-bond acceptors (Lipinski definition) is 4. The molecule has 0 amide bonds. The van der Waals surface area contributed by atoms with Crippen LogP contribution in [-0.2, 0) is 4.74 Å². The van der Waals surface area contributed by atoms with Crippen LogP contribution in [0.25, 0.3) is 0 Å². The first-order valence-corrected chi connectivity index (χ1v) is 5.00. The summed E-state index contributed by atoms with van der Waals surface area (Å²) in [4.78, 5) is 2.45. The fourth-order valence-corrected chi connectivity index (χ4v) is 1.60. The molecule has 1 aliphatic rings. The molecule has 0 aromatic rings. The maximum atomic E-state index is 5.60. The normalized spacial score (nSPS) is 24.9. The molecule has 0 saturated carbocycles. The summed E-state index contributed by atoms with van der Waals surface area (Å²) in [5, 5.41) is 6.31. The molecule has 1 rings (SSSR count). The van der Waals surface area contributed by atoms with Crippen molar-refractivity contribution in [1.29, 1.82) is 0 Å². The standard InChI is InChI=1S/C9H21N3O/c1-10-3-4-12-5-6-13-9(8-12)7-11-2/h9-11H,3-8H2,1-2H3. The van der Waals surface area contributed by atoms with Gasteiger partial charge in [0.25, 0.3) is 0 Å². The van der Waals surface area contributed by atoms with Crippen LogP contribution in [0.1, 0.15) is 0 Å². The summed E-state index contributed by atoms with van der Waals surface area (Å²) in [6.45, 7) is 6.14. The molecule has 1 atom stereocenters. The largest absolute Gasteiger partial charge is 0.374 e. The lowest BCUT2D eigenvalue weighted by molar-refractivity contribution is -0.0255. The van der Waals surface area contributed by atoms with E-state index in [4.69, 9.17) is 4.74 Å². The Morgan fingerprint density at radius 1 is 1.38 bits per heavy atom. The maximum absolute atomic E-state index is 5.60. The third kappa shape index (κ3) is 4.04. The van der Waals surface area contributed by atoms with E-state index >= 15 is 0 Å². The van der Waals surface area contributed by atoms with Gasteiger partial charge < -0.3 is 15.4 Å². The van der Waals surface area contributed by atoms with Gasteiger partial charge in [-0.25, -0.2) is 0 Å². The third-order valence-electron chi connectivity index (χ3n) is 2.33. The Kier molecular flexibility index (Phi) is 5.31. The number of hydrogen-bond donors (Lipinski definition) is 2. The van der Waals surface area contributed by atoms with Gasteiger partial charge in [-0.1, -0.05) is 0 Å². The van der Waals surface area contributed by atoms with Gasteiger partial charge in [0, 0.05) is 32.7 Å². The second-order valence-electron chi connectivity index (χ2n) is 3.45. The van der Waals surface area contributed by atoms with Gasteiger partial charge in [-0.2, -0.15) is 0 Å². The summed E-state index contributed by atoms with van der Waals surface area (Å²) >= 11 is 0. The molecule has 2 N–H and O–H groups in total. The first kappa shape index (κ1) is 10.9. The molecule has 0 aliphatic carbocycles. The van der Waals surface area contributed by atoms with E-state index in [1.807, 2.05) is 14.1 Å². The van der Waals surface area contributed by atoms with Gasteiger partial charge in [0.05, 0.1) is 12.7 Å². The Morgan fingerprint density at radius 3 is 2.92 bits per heavy atom. The van der Waals surface area contributed by atoms with E-state index < -0.39 is 0 Å². The predicted molar refractivity (Wildman–Crippen MR) is 54.0 cm³/mol. The van der Waals surface area contributed by atoms with Crippen LogP contribution < -0.4 is 10.6 Å². The van der Waals surface area contributed by atoms with E-state index in [9.17, 15) is 0 Å². The number of ether oxygens (including phenoxy) is 1. The minimum absolute atomic E-state index is 0.371. The van der Waals surface area contributed by atoms with Crippen LogP contribution in [0.4, 0.5) is 0 Å². The quantitative estimate of drug-likeness (QED) is 0.586. The van der Waals surface area contributed by atoms with Gasteiger partial charge in [-0.05, 0) is 14.1 Å². The highest BCUT2D eigenvalue weighted by Crippen LogP contribution is 2.03. The Bertz CT molecular complexity index is 130. The summed E-state index contributed by atoms with van der Waals surface area (Å²) in [5.41, 5.74) is 0. The van der Waals surface area contributed by atoms with E-state index in [2.05, 4.69) is 15.5 Å². The molecule has 1 saturated heterocycles. The molecule has 1 heterocycles.